The number of ether oxygens (including phenoxy) is 3. The fourth-order valence-electron chi connectivity index (χ4n) is 6.79. The Balaban J connectivity index is 1.66. The summed E-state index contributed by atoms with van der Waals surface area (Å²) in [5, 5.41) is 23.5. The minimum Gasteiger partial charge on any atom is -0.458 e. The van der Waals surface area contributed by atoms with Crippen LogP contribution in [0, 0.1) is 16.7 Å². The van der Waals surface area contributed by atoms with Crippen LogP contribution in [0.2, 0.25) is 0 Å². The quantitative estimate of drug-likeness (QED) is 0.299. The molecule has 1 aromatic carbocycles. The van der Waals surface area contributed by atoms with Crippen molar-refractivity contribution in [2.75, 3.05) is 6.61 Å². The van der Waals surface area contributed by atoms with E-state index in [-0.39, 0.29) is 17.7 Å². The minimum atomic E-state index is -1.80. The van der Waals surface area contributed by atoms with E-state index in [1.165, 1.54) is 18.5 Å². The fraction of sp³-hybridized carbons (Fsp3) is 0.394. The number of fused-ring (bicyclic) bond motifs is 1. The third kappa shape index (κ3) is 4.86. The summed E-state index contributed by atoms with van der Waals surface area (Å²) in [7, 11) is 0. The Hall–Kier alpha value is -4.08. The normalized spacial score (nSPS) is 34.4. The van der Waals surface area contributed by atoms with Crippen molar-refractivity contribution in [1.82, 2.24) is 4.98 Å². The molecule has 2 aromatic rings. The summed E-state index contributed by atoms with van der Waals surface area (Å²) in [5.41, 5.74) is -2.59. The van der Waals surface area contributed by atoms with Gasteiger partial charge in [-0.05, 0) is 61.1 Å². The molecule has 0 unspecified atom stereocenters. The lowest BCUT2D eigenvalue weighted by Gasteiger charge is -2.65. The Morgan fingerprint density at radius 1 is 1.02 bits per heavy atom. The maximum Gasteiger partial charge on any atom is 0.340 e. The first-order chi connectivity index (χ1) is 19.9. The van der Waals surface area contributed by atoms with Gasteiger partial charge in [0.25, 0.3) is 0 Å². The second kappa shape index (κ2) is 11.0. The highest BCUT2D eigenvalue weighted by molar-refractivity contribution is 5.90. The standard InChI is InChI=1S/C33H35NO8/c1-20-24(35)12-13-25-31(2,15-14-21-17-26(36)40-19-21)33(4,39)28(42-29(37)22-9-6-5-7-10-22)27(32(20,25)3)41-30(38)23-11-8-16-34-18-23/h5-11,14-18,24-25,27-28,35,39H,1,12-13,19H2,2-4H3/t24-,25+,27-,28-,31+,32-,33-/m0/s1. The Bertz CT molecular complexity index is 1450. The van der Waals surface area contributed by atoms with Gasteiger partial charge in [0.2, 0.25) is 0 Å². The first-order valence-electron chi connectivity index (χ1n) is 13.9. The number of benzene rings is 1. The molecule has 0 bridgehead atoms. The zero-order valence-electron chi connectivity index (χ0n) is 23.9. The molecule has 220 valence electrons. The predicted octanol–water partition coefficient (Wildman–Crippen LogP) is 3.98. The van der Waals surface area contributed by atoms with Gasteiger partial charge in [0, 0.05) is 29.3 Å². The van der Waals surface area contributed by atoms with Crippen molar-refractivity contribution < 1.29 is 38.8 Å². The van der Waals surface area contributed by atoms with E-state index in [0.717, 1.165) is 0 Å². The second-order valence-electron chi connectivity index (χ2n) is 11.8. The van der Waals surface area contributed by atoms with Gasteiger partial charge < -0.3 is 24.4 Å². The molecule has 0 amide bonds. The van der Waals surface area contributed by atoms with Crippen molar-refractivity contribution in [3.05, 3.63) is 102 Å². The number of carbonyl (C=O) groups excluding carboxylic acids is 3. The van der Waals surface area contributed by atoms with Gasteiger partial charge in [0.15, 0.2) is 12.2 Å². The molecule has 2 saturated carbocycles. The number of aliphatic hydroxyl groups excluding tert-OH is 1. The number of hydrogen-bond donors (Lipinski definition) is 2. The zero-order chi connectivity index (χ0) is 30.3. The summed E-state index contributed by atoms with van der Waals surface area (Å²) in [6.07, 6.45) is 5.11. The highest BCUT2D eigenvalue weighted by atomic mass is 16.6. The van der Waals surface area contributed by atoms with E-state index in [1.54, 1.807) is 61.5 Å². The van der Waals surface area contributed by atoms with Crippen LogP contribution in [0.4, 0.5) is 0 Å². The van der Waals surface area contributed by atoms with Gasteiger partial charge >= 0.3 is 17.9 Å². The molecule has 3 aliphatic rings. The first kappa shape index (κ1) is 29.4. The summed E-state index contributed by atoms with van der Waals surface area (Å²) < 4.78 is 17.3. The van der Waals surface area contributed by atoms with Crippen LogP contribution < -0.4 is 0 Å². The van der Waals surface area contributed by atoms with E-state index < -0.39 is 58.6 Å². The summed E-state index contributed by atoms with van der Waals surface area (Å²) in [5.74, 6) is -2.31. The molecule has 0 saturated heterocycles. The van der Waals surface area contributed by atoms with Gasteiger partial charge in [0.1, 0.15) is 12.2 Å². The van der Waals surface area contributed by atoms with Crippen molar-refractivity contribution in [3.63, 3.8) is 0 Å². The molecule has 42 heavy (non-hydrogen) atoms. The Labute approximate surface area is 244 Å². The minimum absolute atomic E-state index is 0.0959. The smallest absolute Gasteiger partial charge is 0.340 e. The SMILES string of the molecule is C=C1[C@@H](O)CC[C@H]2[C@@]1(C)[C@@H](OC(=O)c1cccnc1)[C@H](OC(=O)c1ccccc1)[C@](C)(O)[C@]2(C)C=CC1=CC(=O)OC1. The van der Waals surface area contributed by atoms with Crippen molar-refractivity contribution in [2.24, 2.45) is 16.7 Å². The summed E-state index contributed by atoms with van der Waals surface area (Å²) in [4.78, 5) is 42.7. The monoisotopic (exact) mass is 573 g/mol. The highest BCUT2D eigenvalue weighted by Crippen LogP contribution is 2.64. The average molecular weight is 574 g/mol. The molecule has 2 fully saturated rings. The van der Waals surface area contributed by atoms with E-state index >= 15 is 0 Å². The van der Waals surface area contributed by atoms with Crippen molar-refractivity contribution >= 4 is 17.9 Å². The Kier molecular flexibility index (Phi) is 7.68. The third-order valence-corrected chi connectivity index (χ3v) is 9.48. The number of carbonyl (C=O) groups is 3. The highest BCUT2D eigenvalue weighted by Gasteiger charge is 2.71. The van der Waals surface area contributed by atoms with Crippen LogP contribution in [-0.4, -0.2) is 63.6 Å². The van der Waals surface area contributed by atoms with Crippen LogP contribution in [0.15, 0.2) is 90.8 Å². The third-order valence-electron chi connectivity index (χ3n) is 9.48. The van der Waals surface area contributed by atoms with Gasteiger partial charge in [-0.3, -0.25) is 4.98 Å². The Morgan fingerprint density at radius 2 is 1.69 bits per heavy atom. The van der Waals surface area contributed by atoms with E-state index in [0.29, 0.717) is 24.0 Å². The van der Waals surface area contributed by atoms with E-state index in [2.05, 4.69) is 11.6 Å². The molecular weight excluding hydrogens is 538 g/mol. The second-order valence-corrected chi connectivity index (χ2v) is 11.8. The molecule has 2 N–H and O–H groups in total. The Morgan fingerprint density at radius 3 is 2.33 bits per heavy atom. The van der Waals surface area contributed by atoms with Crippen molar-refractivity contribution in [1.29, 1.82) is 0 Å². The summed E-state index contributed by atoms with van der Waals surface area (Å²) in [6.45, 7) is 9.57. The number of esters is 3. The first-order valence-corrected chi connectivity index (χ1v) is 13.9. The van der Waals surface area contributed by atoms with Crippen molar-refractivity contribution in [3.8, 4) is 0 Å². The van der Waals surface area contributed by atoms with Crippen LogP contribution in [0.5, 0.6) is 0 Å². The van der Waals surface area contributed by atoms with E-state index in [1.807, 2.05) is 13.8 Å². The van der Waals surface area contributed by atoms with Gasteiger partial charge in [-0.2, -0.15) is 0 Å². The molecule has 9 heteroatoms. The van der Waals surface area contributed by atoms with Crippen LogP contribution in [-0.2, 0) is 19.0 Å². The average Bonchev–Trinajstić information content (AvgIpc) is 3.41. The molecule has 5 rings (SSSR count). The molecule has 1 aromatic heterocycles. The number of nitrogens with zero attached hydrogens (tertiary/aromatic N) is 1. The van der Waals surface area contributed by atoms with Crippen LogP contribution >= 0.6 is 0 Å². The van der Waals surface area contributed by atoms with Gasteiger partial charge in [0.05, 0.1) is 17.2 Å². The molecule has 9 nitrogen and oxygen atoms in total. The number of cyclic esters (lactones) is 1. The van der Waals surface area contributed by atoms with Crippen molar-refractivity contribution in [2.45, 2.75) is 57.5 Å². The molecule has 2 heterocycles. The predicted molar refractivity (Wildman–Crippen MR) is 152 cm³/mol. The molecular formula is C33H35NO8. The fourth-order valence-corrected chi connectivity index (χ4v) is 6.79. The van der Waals surface area contributed by atoms with E-state index in [4.69, 9.17) is 14.2 Å². The maximum absolute atomic E-state index is 13.5. The van der Waals surface area contributed by atoms with Crippen LogP contribution in [0.1, 0.15) is 54.3 Å². The number of hydrogen-bond acceptors (Lipinski definition) is 9. The molecule has 0 spiro atoms. The maximum atomic E-state index is 13.5. The lowest BCUT2D eigenvalue weighted by molar-refractivity contribution is -0.256. The lowest BCUT2D eigenvalue weighted by Crippen LogP contribution is -2.73. The molecule has 2 aliphatic carbocycles. The molecule has 1 aliphatic heterocycles. The number of aliphatic hydroxyl groups is 2. The number of rotatable bonds is 6. The number of pyridine rings is 1. The summed E-state index contributed by atoms with van der Waals surface area (Å²) >= 11 is 0. The largest absolute Gasteiger partial charge is 0.458 e. The van der Waals surface area contributed by atoms with Gasteiger partial charge in [-0.15, -0.1) is 0 Å². The van der Waals surface area contributed by atoms with Gasteiger partial charge in [-0.25, -0.2) is 14.4 Å². The molecule has 7 atom stereocenters. The topological polar surface area (TPSA) is 132 Å². The van der Waals surface area contributed by atoms with E-state index in [9.17, 15) is 24.6 Å². The van der Waals surface area contributed by atoms with Crippen LogP contribution in [0.3, 0.4) is 0 Å². The number of aromatic nitrogens is 1. The lowest BCUT2D eigenvalue weighted by atomic mass is 9.43. The summed E-state index contributed by atoms with van der Waals surface area (Å²) in [6, 6.07) is 11.5. The van der Waals surface area contributed by atoms with Gasteiger partial charge in [-0.1, -0.05) is 50.8 Å². The van der Waals surface area contributed by atoms with Crippen LogP contribution in [0.25, 0.3) is 0 Å². The zero-order valence-corrected chi connectivity index (χ0v) is 23.9. The molecule has 0 radical (unpaired) electrons.